The molecule has 1 amide bonds. The summed E-state index contributed by atoms with van der Waals surface area (Å²) in [5.74, 6) is 1.69. The zero-order chi connectivity index (χ0) is 17.9. The monoisotopic (exact) mass is 346 g/mol. The summed E-state index contributed by atoms with van der Waals surface area (Å²) in [6.07, 6.45) is 3.07. The van der Waals surface area contributed by atoms with Gasteiger partial charge in [-0.3, -0.25) is 4.79 Å². The number of nitrogens with zero attached hydrogens (tertiary/aromatic N) is 2. The van der Waals surface area contributed by atoms with E-state index in [1.54, 1.807) is 0 Å². The Morgan fingerprint density at radius 2 is 1.92 bits per heavy atom. The van der Waals surface area contributed by atoms with E-state index in [-0.39, 0.29) is 12.5 Å². The number of aliphatic imine (C=N–C) groups is 1. The Morgan fingerprint density at radius 1 is 1.20 bits per heavy atom. The molecule has 2 N–H and O–H groups in total. The molecule has 25 heavy (non-hydrogen) atoms. The van der Waals surface area contributed by atoms with Gasteiger partial charge in [-0.05, 0) is 45.2 Å². The van der Waals surface area contributed by atoms with Crippen LogP contribution in [0, 0.1) is 6.92 Å². The van der Waals surface area contributed by atoms with E-state index < -0.39 is 0 Å². The third kappa shape index (κ3) is 7.03. The number of ether oxygens (including phenoxy) is 1. The Kier molecular flexibility index (Phi) is 8.09. The smallest absolute Gasteiger partial charge is 0.244 e. The number of carbonyl (C=O) groups excluding carboxylic acids is 1. The van der Waals surface area contributed by atoms with Gasteiger partial charge in [0.05, 0.1) is 6.61 Å². The van der Waals surface area contributed by atoms with Gasteiger partial charge >= 0.3 is 0 Å². The minimum absolute atomic E-state index is 0.109. The summed E-state index contributed by atoms with van der Waals surface area (Å²) in [4.78, 5) is 18.3. The summed E-state index contributed by atoms with van der Waals surface area (Å²) in [5, 5.41) is 6.42. The highest BCUT2D eigenvalue weighted by molar-refractivity contribution is 5.85. The molecule has 1 aromatic rings. The van der Waals surface area contributed by atoms with Crippen LogP contribution in [-0.4, -0.2) is 56.1 Å². The van der Waals surface area contributed by atoms with Crippen molar-refractivity contribution in [3.63, 3.8) is 0 Å². The number of hydrogen-bond acceptors (Lipinski definition) is 3. The first-order valence-corrected chi connectivity index (χ1v) is 9.18. The van der Waals surface area contributed by atoms with Crippen LogP contribution in [0.4, 0.5) is 0 Å². The minimum atomic E-state index is 0.109. The summed E-state index contributed by atoms with van der Waals surface area (Å²) in [6.45, 7) is 8.17. The lowest BCUT2D eigenvalue weighted by Crippen LogP contribution is -2.39. The molecule has 6 nitrogen and oxygen atoms in total. The first-order chi connectivity index (χ1) is 12.2. The lowest BCUT2D eigenvalue weighted by molar-refractivity contribution is -0.128. The molecule has 0 saturated carbocycles. The number of amides is 1. The molecule has 1 saturated heterocycles. The van der Waals surface area contributed by atoms with E-state index in [1.165, 1.54) is 5.56 Å². The largest absolute Gasteiger partial charge is 0.494 e. The molecule has 138 valence electrons. The summed E-state index contributed by atoms with van der Waals surface area (Å²) in [5.41, 5.74) is 1.23. The van der Waals surface area contributed by atoms with Crippen molar-refractivity contribution in [2.24, 2.45) is 4.99 Å². The molecule has 0 unspecified atom stereocenters. The highest BCUT2D eigenvalue weighted by atomic mass is 16.5. The molecular formula is C19H30N4O2. The van der Waals surface area contributed by atoms with Crippen LogP contribution in [0.25, 0.3) is 0 Å². The predicted octanol–water partition coefficient (Wildman–Crippen LogP) is 1.94. The molecule has 1 heterocycles. The second kappa shape index (κ2) is 10.6. The van der Waals surface area contributed by atoms with Crippen molar-refractivity contribution >= 4 is 11.9 Å². The number of benzene rings is 1. The van der Waals surface area contributed by atoms with Crippen molar-refractivity contribution in [2.45, 2.75) is 33.1 Å². The number of hydrogen-bond donors (Lipinski definition) is 2. The maximum Gasteiger partial charge on any atom is 0.244 e. The second-order valence-corrected chi connectivity index (χ2v) is 6.22. The van der Waals surface area contributed by atoms with E-state index in [4.69, 9.17) is 4.74 Å². The first-order valence-electron chi connectivity index (χ1n) is 9.18. The molecule has 6 heteroatoms. The number of guanidine groups is 1. The van der Waals surface area contributed by atoms with Crippen molar-refractivity contribution in [3.05, 3.63) is 29.8 Å². The van der Waals surface area contributed by atoms with Gasteiger partial charge in [-0.2, -0.15) is 0 Å². The fourth-order valence-corrected chi connectivity index (χ4v) is 2.66. The second-order valence-electron chi connectivity index (χ2n) is 6.22. The third-order valence-electron chi connectivity index (χ3n) is 4.08. The van der Waals surface area contributed by atoms with Gasteiger partial charge < -0.3 is 20.3 Å². The standard InChI is InChI=1S/C19H30N4O2/c1-3-20-19(22-15-18(24)23-12-4-5-13-23)21-11-6-14-25-17-9-7-16(2)8-10-17/h7-10H,3-6,11-15H2,1-2H3,(H2,20,21,22). The Bertz CT molecular complexity index is 551. The fourth-order valence-electron chi connectivity index (χ4n) is 2.66. The zero-order valence-electron chi connectivity index (χ0n) is 15.4. The molecule has 0 aromatic heterocycles. The summed E-state index contributed by atoms with van der Waals surface area (Å²) in [6, 6.07) is 8.05. The summed E-state index contributed by atoms with van der Waals surface area (Å²) >= 11 is 0. The van der Waals surface area contributed by atoms with Crippen LogP contribution in [0.3, 0.4) is 0 Å². The van der Waals surface area contributed by atoms with E-state index in [2.05, 4.69) is 22.5 Å². The van der Waals surface area contributed by atoms with Crippen LogP contribution in [0.15, 0.2) is 29.3 Å². The highest BCUT2D eigenvalue weighted by Crippen LogP contribution is 2.11. The Hall–Kier alpha value is -2.24. The van der Waals surface area contributed by atoms with Gasteiger partial charge in [0.25, 0.3) is 0 Å². The molecular weight excluding hydrogens is 316 g/mol. The van der Waals surface area contributed by atoms with Crippen LogP contribution >= 0.6 is 0 Å². The molecule has 0 radical (unpaired) electrons. The molecule has 0 aliphatic carbocycles. The van der Waals surface area contributed by atoms with Crippen LogP contribution in [0.5, 0.6) is 5.75 Å². The van der Waals surface area contributed by atoms with Crippen molar-refractivity contribution in [3.8, 4) is 5.75 Å². The molecule has 1 aromatic carbocycles. The van der Waals surface area contributed by atoms with Crippen molar-refractivity contribution in [2.75, 3.05) is 39.3 Å². The quantitative estimate of drug-likeness (QED) is 0.429. The van der Waals surface area contributed by atoms with Crippen molar-refractivity contribution in [1.29, 1.82) is 0 Å². The predicted molar refractivity (Wildman–Crippen MR) is 101 cm³/mol. The van der Waals surface area contributed by atoms with Gasteiger partial charge in [0.1, 0.15) is 12.3 Å². The van der Waals surface area contributed by atoms with Gasteiger partial charge in [0.15, 0.2) is 5.96 Å². The van der Waals surface area contributed by atoms with Crippen LogP contribution in [0.1, 0.15) is 31.7 Å². The lowest BCUT2D eigenvalue weighted by Gasteiger charge is -2.15. The highest BCUT2D eigenvalue weighted by Gasteiger charge is 2.17. The Morgan fingerprint density at radius 3 is 2.60 bits per heavy atom. The first kappa shape index (κ1) is 19.1. The number of carbonyl (C=O) groups is 1. The number of nitrogens with one attached hydrogen (secondary N) is 2. The van der Waals surface area contributed by atoms with E-state index in [9.17, 15) is 4.79 Å². The van der Waals surface area contributed by atoms with Crippen molar-refractivity contribution in [1.82, 2.24) is 15.5 Å². The number of rotatable bonds is 8. The van der Waals surface area contributed by atoms with Crippen molar-refractivity contribution < 1.29 is 9.53 Å². The number of aryl methyl sites for hydroxylation is 1. The van der Waals surface area contributed by atoms with Gasteiger partial charge in [-0.25, -0.2) is 4.99 Å². The molecule has 1 fully saturated rings. The third-order valence-corrected chi connectivity index (χ3v) is 4.08. The molecule has 0 atom stereocenters. The maximum atomic E-state index is 12.1. The topological polar surface area (TPSA) is 66.0 Å². The fraction of sp³-hybridized carbons (Fsp3) is 0.579. The summed E-state index contributed by atoms with van der Waals surface area (Å²) < 4.78 is 5.71. The SMILES string of the molecule is CCNC(=NCC(=O)N1CCCC1)NCCCOc1ccc(C)cc1. The number of likely N-dealkylation sites (tertiary alicyclic amines) is 1. The zero-order valence-corrected chi connectivity index (χ0v) is 15.4. The average Bonchev–Trinajstić information content (AvgIpc) is 3.15. The Labute approximate surface area is 150 Å². The maximum absolute atomic E-state index is 12.1. The van der Waals surface area contributed by atoms with E-state index in [0.717, 1.165) is 51.2 Å². The molecule has 2 rings (SSSR count). The van der Waals surface area contributed by atoms with E-state index >= 15 is 0 Å². The lowest BCUT2D eigenvalue weighted by atomic mass is 10.2. The molecule has 1 aliphatic rings. The molecule has 0 spiro atoms. The van der Waals surface area contributed by atoms with Gasteiger partial charge in [0.2, 0.25) is 5.91 Å². The molecule has 0 bridgehead atoms. The average molecular weight is 346 g/mol. The van der Waals surface area contributed by atoms with E-state index in [0.29, 0.717) is 12.6 Å². The normalized spacial score (nSPS) is 14.5. The van der Waals surface area contributed by atoms with Crippen LogP contribution in [-0.2, 0) is 4.79 Å². The Balaban J connectivity index is 1.66. The minimum Gasteiger partial charge on any atom is -0.494 e. The van der Waals surface area contributed by atoms with Gasteiger partial charge in [0, 0.05) is 26.2 Å². The summed E-state index contributed by atoms with van der Waals surface area (Å²) in [7, 11) is 0. The van der Waals surface area contributed by atoms with Crippen LogP contribution < -0.4 is 15.4 Å². The van der Waals surface area contributed by atoms with Gasteiger partial charge in [-0.15, -0.1) is 0 Å². The van der Waals surface area contributed by atoms with E-state index in [1.807, 2.05) is 36.1 Å². The van der Waals surface area contributed by atoms with Gasteiger partial charge in [-0.1, -0.05) is 17.7 Å². The van der Waals surface area contributed by atoms with Crippen LogP contribution in [0.2, 0.25) is 0 Å². The molecule has 1 aliphatic heterocycles.